The minimum Gasteiger partial charge on any atom is -0.313 e. The molecule has 102 valence electrons. The van der Waals surface area contributed by atoms with Crippen LogP contribution in [0.4, 0.5) is 0 Å². The predicted octanol–water partition coefficient (Wildman–Crippen LogP) is 2.97. The number of nitrogens with zero attached hydrogens (tertiary/aromatic N) is 2. The van der Waals surface area contributed by atoms with Gasteiger partial charge in [-0.15, -0.1) is 0 Å². The minimum atomic E-state index is 0.341. The van der Waals surface area contributed by atoms with Crippen molar-refractivity contribution >= 4 is 0 Å². The Balaban J connectivity index is 2.21. The molecule has 0 aliphatic carbocycles. The summed E-state index contributed by atoms with van der Waals surface area (Å²) in [6.45, 7) is 5.23. The fourth-order valence-corrected chi connectivity index (χ4v) is 2.41. The van der Waals surface area contributed by atoms with E-state index in [9.17, 15) is 0 Å². The Kier molecular flexibility index (Phi) is 4.74. The zero-order chi connectivity index (χ0) is 13.7. The molecule has 19 heavy (non-hydrogen) atoms. The Bertz CT molecular complexity index is 502. The Morgan fingerprint density at radius 2 is 1.95 bits per heavy atom. The van der Waals surface area contributed by atoms with Crippen molar-refractivity contribution in [1.82, 2.24) is 15.1 Å². The summed E-state index contributed by atoms with van der Waals surface area (Å²) in [6, 6.07) is 13.2. The highest BCUT2D eigenvalue weighted by atomic mass is 15.3. The van der Waals surface area contributed by atoms with E-state index >= 15 is 0 Å². The van der Waals surface area contributed by atoms with E-state index in [1.807, 2.05) is 7.05 Å². The zero-order valence-electron chi connectivity index (χ0n) is 12.1. The van der Waals surface area contributed by atoms with Crippen LogP contribution in [0.2, 0.25) is 0 Å². The lowest BCUT2D eigenvalue weighted by Crippen LogP contribution is -2.20. The fraction of sp³-hybridized carbons (Fsp3) is 0.438. The number of aromatic nitrogens is 2. The van der Waals surface area contributed by atoms with Crippen LogP contribution < -0.4 is 5.32 Å². The van der Waals surface area contributed by atoms with E-state index in [2.05, 4.69) is 65.3 Å². The van der Waals surface area contributed by atoms with Crippen molar-refractivity contribution in [3.8, 4) is 0 Å². The standard InChI is InChI=1S/C16H23N3/c1-4-14-11-15(19(5-2)18-14)12-16(17-3)13-9-7-6-8-10-13/h6-11,16-17H,4-5,12H2,1-3H3. The van der Waals surface area contributed by atoms with Gasteiger partial charge in [-0.3, -0.25) is 4.68 Å². The maximum absolute atomic E-state index is 4.62. The van der Waals surface area contributed by atoms with Crippen LogP contribution in [0.1, 0.15) is 36.8 Å². The van der Waals surface area contributed by atoms with Gasteiger partial charge >= 0.3 is 0 Å². The third-order valence-corrected chi connectivity index (χ3v) is 3.54. The van der Waals surface area contributed by atoms with Crippen molar-refractivity contribution in [3.05, 3.63) is 53.3 Å². The summed E-state index contributed by atoms with van der Waals surface area (Å²) >= 11 is 0. The summed E-state index contributed by atoms with van der Waals surface area (Å²) in [5.74, 6) is 0. The fourth-order valence-electron chi connectivity index (χ4n) is 2.41. The molecule has 0 aliphatic rings. The summed E-state index contributed by atoms with van der Waals surface area (Å²) in [7, 11) is 2.02. The molecule has 0 aliphatic heterocycles. The van der Waals surface area contributed by atoms with Gasteiger partial charge in [0.15, 0.2) is 0 Å². The van der Waals surface area contributed by atoms with E-state index in [1.165, 1.54) is 17.0 Å². The molecular formula is C16H23N3. The largest absolute Gasteiger partial charge is 0.313 e. The van der Waals surface area contributed by atoms with Gasteiger partial charge in [0.2, 0.25) is 0 Å². The molecule has 3 heteroatoms. The molecule has 0 spiro atoms. The van der Waals surface area contributed by atoms with E-state index in [0.29, 0.717) is 6.04 Å². The summed E-state index contributed by atoms with van der Waals surface area (Å²) in [6.07, 6.45) is 1.97. The third-order valence-electron chi connectivity index (χ3n) is 3.54. The summed E-state index contributed by atoms with van der Waals surface area (Å²) in [5, 5.41) is 8.02. The molecule has 2 rings (SSSR count). The van der Waals surface area contributed by atoms with Crippen molar-refractivity contribution in [2.45, 2.75) is 39.3 Å². The molecule has 0 bridgehead atoms. The number of benzene rings is 1. The maximum Gasteiger partial charge on any atom is 0.0624 e. The van der Waals surface area contributed by atoms with Gasteiger partial charge < -0.3 is 5.32 Å². The van der Waals surface area contributed by atoms with Crippen molar-refractivity contribution in [2.24, 2.45) is 0 Å². The topological polar surface area (TPSA) is 29.9 Å². The van der Waals surface area contributed by atoms with Crippen LogP contribution in [0, 0.1) is 0 Å². The Morgan fingerprint density at radius 1 is 1.21 bits per heavy atom. The van der Waals surface area contributed by atoms with Crippen LogP contribution in [0.5, 0.6) is 0 Å². The summed E-state index contributed by atoms with van der Waals surface area (Å²) < 4.78 is 2.12. The summed E-state index contributed by atoms with van der Waals surface area (Å²) in [4.78, 5) is 0. The first kappa shape index (κ1) is 13.8. The quantitative estimate of drug-likeness (QED) is 0.862. The number of likely N-dealkylation sites (N-methyl/N-ethyl adjacent to an activating group) is 1. The smallest absolute Gasteiger partial charge is 0.0624 e. The second-order valence-electron chi connectivity index (χ2n) is 4.75. The molecule has 0 amide bonds. The van der Waals surface area contributed by atoms with Crippen LogP contribution in [0.15, 0.2) is 36.4 Å². The third kappa shape index (κ3) is 3.24. The SMILES string of the molecule is CCc1cc(CC(NC)c2ccccc2)n(CC)n1. The van der Waals surface area contributed by atoms with Gasteiger partial charge in [0.1, 0.15) is 0 Å². The van der Waals surface area contributed by atoms with Crippen LogP contribution in [-0.4, -0.2) is 16.8 Å². The molecule has 1 heterocycles. The molecule has 0 radical (unpaired) electrons. The molecule has 1 atom stereocenters. The van der Waals surface area contributed by atoms with E-state index in [4.69, 9.17) is 0 Å². The average Bonchev–Trinajstić information content (AvgIpc) is 2.87. The van der Waals surface area contributed by atoms with E-state index in [0.717, 1.165) is 19.4 Å². The highest BCUT2D eigenvalue weighted by Gasteiger charge is 2.13. The van der Waals surface area contributed by atoms with Crippen molar-refractivity contribution in [1.29, 1.82) is 0 Å². The lowest BCUT2D eigenvalue weighted by Gasteiger charge is -2.17. The van der Waals surface area contributed by atoms with Crippen molar-refractivity contribution < 1.29 is 0 Å². The highest BCUT2D eigenvalue weighted by Crippen LogP contribution is 2.18. The van der Waals surface area contributed by atoms with Crippen LogP contribution in [0.3, 0.4) is 0 Å². The van der Waals surface area contributed by atoms with Gasteiger partial charge in [-0.2, -0.15) is 5.10 Å². The highest BCUT2D eigenvalue weighted by molar-refractivity contribution is 5.22. The Labute approximate surface area is 115 Å². The number of rotatable bonds is 6. The van der Waals surface area contributed by atoms with Crippen LogP contribution >= 0.6 is 0 Å². The normalized spacial score (nSPS) is 12.6. The number of nitrogens with one attached hydrogen (secondary N) is 1. The van der Waals surface area contributed by atoms with E-state index in [-0.39, 0.29) is 0 Å². The van der Waals surface area contributed by atoms with Crippen molar-refractivity contribution in [2.75, 3.05) is 7.05 Å². The molecule has 1 unspecified atom stereocenters. The number of aryl methyl sites for hydroxylation is 2. The van der Waals surface area contributed by atoms with Gasteiger partial charge in [-0.25, -0.2) is 0 Å². The second kappa shape index (κ2) is 6.53. The maximum atomic E-state index is 4.62. The monoisotopic (exact) mass is 257 g/mol. The van der Waals surface area contributed by atoms with Crippen LogP contribution in [0.25, 0.3) is 0 Å². The van der Waals surface area contributed by atoms with Gasteiger partial charge in [0.05, 0.1) is 5.69 Å². The zero-order valence-corrected chi connectivity index (χ0v) is 12.1. The Hall–Kier alpha value is -1.61. The van der Waals surface area contributed by atoms with Gasteiger partial charge in [-0.1, -0.05) is 37.3 Å². The molecule has 2 aromatic rings. The molecule has 0 saturated carbocycles. The molecule has 1 aromatic heterocycles. The van der Waals surface area contributed by atoms with Gasteiger partial charge in [0.25, 0.3) is 0 Å². The molecule has 0 saturated heterocycles. The lowest BCUT2D eigenvalue weighted by molar-refractivity contribution is 0.540. The predicted molar refractivity (Wildman–Crippen MR) is 79.2 cm³/mol. The molecule has 0 fully saturated rings. The van der Waals surface area contributed by atoms with Crippen LogP contribution in [-0.2, 0) is 19.4 Å². The van der Waals surface area contributed by atoms with E-state index in [1.54, 1.807) is 0 Å². The first-order valence-electron chi connectivity index (χ1n) is 7.06. The second-order valence-corrected chi connectivity index (χ2v) is 4.75. The van der Waals surface area contributed by atoms with Gasteiger partial charge in [-0.05, 0) is 32.0 Å². The molecule has 1 aromatic carbocycles. The Morgan fingerprint density at radius 3 is 2.53 bits per heavy atom. The first-order valence-corrected chi connectivity index (χ1v) is 7.06. The number of hydrogen-bond acceptors (Lipinski definition) is 2. The van der Waals surface area contributed by atoms with Gasteiger partial charge in [0, 0.05) is 24.7 Å². The minimum absolute atomic E-state index is 0.341. The molecule has 3 nitrogen and oxygen atoms in total. The first-order chi connectivity index (χ1) is 9.28. The lowest BCUT2D eigenvalue weighted by atomic mass is 10.0. The van der Waals surface area contributed by atoms with Crippen molar-refractivity contribution in [3.63, 3.8) is 0 Å². The average molecular weight is 257 g/mol. The molecular weight excluding hydrogens is 234 g/mol. The molecule has 1 N–H and O–H groups in total. The number of hydrogen-bond donors (Lipinski definition) is 1. The summed E-state index contributed by atoms with van der Waals surface area (Å²) in [5.41, 5.74) is 3.81. The van der Waals surface area contributed by atoms with E-state index < -0.39 is 0 Å².